The Bertz CT molecular complexity index is 835. The highest BCUT2D eigenvalue weighted by Gasteiger charge is 2.34. The first-order valence-electron chi connectivity index (χ1n) is 7.48. The predicted molar refractivity (Wildman–Crippen MR) is 86.0 cm³/mol. The van der Waals surface area contributed by atoms with Gasteiger partial charge in [-0.25, -0.2) is 0 Å². The lowest BCUT2D eigenvalue weighted by Crippen LogP contribution is -2.37. The second kappa shape index (κ2) is 6.35. The number of para-hydroxylation sites is 1. The van der Waals surface area contributed by atoms with Crippen LogP contribution in [0.4, 0.5) is 0 Å². The van der Waals surface area contributed by atoms with Crippen molar-refractivity contribution in [3.63, 3.8) is 0 Å². The van der Waals surface area contributed by atoms with E-state index in [-0.39, 0.29) is 6.61 Å². The maximum absolute atomic E-state index is 12.3. The molecule has 7 heteroatoms. The number of aromatic nitrogens is 1. The van der Waals surface area contributed by atoms with Crippen molar-refractivity contribution in [1.29, 1.82) is 0 Å². The second-order valence-corrected chi connectivity index (χ2v) is 7.18. The van der Waals surface area contributed by atoms with Crippen LogP contribution in [0, 0.1) is 6.92 Å². The molecule has 122 valence electrons. The molecule has 1 unspecified atom stereocenters. The number of pyridine rings is 1. The monoisotopic (exact) mass is 334 g/mol. The first-order chi connectivity index (χ1) is 11.0. The molecule has 1 saturated heterocycles. The van der Waals surface area contributed by atoms with E-state index >= 15 is 0 Å². The summed E-state index contributed by atoms with van der Waals surface area (Å²) in [6.45, 7) is 2.10. The van der Waals surface area contributed by atoms with Gasteiger partial charge in [0.2, 0.25) is 0 Å². The van der Waals surface area contributed by atoms with Gasteiger partial charge in [0.25, 0.3) is 0 Å². The van der Waals surface area contributed by atoms with E-state index in [9.17, 15) is 13.2 Å². The van der Waals surface area contributed by atoms with Gasteiger partial charge in [-0.05, 0) is 37.5 Å². The first-order valence-corrected chi connectivity index (χ1v) is 8.84. The Kier molecular flexibility index (Phi) is 4.43. The van der Waals surface area contributed by atoms with E-state index in [1.54, 1.807) is 0 Å². The molecular formula is C16H18N2O4S. The average Bonchev–Trinajstić information content (AvgIpc) is 3.02. The normalized spacial score (nSPS) is 19.3. The van der Waals surface area contributed by atoms with E-state index in [0.29, 0.717) is 25.7 Å². The Labute approximate surface area is 135 Å². The fraction of sp³-hybridized carbons (Fsp3) is 0.375. The fourth-order valence-corrected chi connectivity index (χ4v) is 4.15. The molecule has 0 aliphatic carbocycles. The van der Waals surface area contributed by atoms with Gasteiger partial charge in [0.15, 0.2) is 0 Å². The molecule has 1 aliphatic rings. The van der Waals surface area contributed by atoms with Crippen LogP contribution in [0.25, 0.3) is 10.9 Å². The Hall–Kier alpha value is -1.83. The van der Waals surface area contributed by atoms with Crippen LogP contribution in [0.3, 0.4) is 0 Å². The van der Waals surface area contributed by atoms with Crippen molar-refractivity contribution in [3.8, 4) is 0 Å². The van der Waals surface area contributed by atoms with Crippen LogP contribution in [0.5, 0.6) is 0 Å². The summed E-state index contributed by atoms with van der Waals surface area (Å²) in [4.78, 5) is 15.4. The molecule has 1 aliphatic heterocycles. The molecule has 1 atom stereocenters. The number of fused-ring (bicyclic) bond motifs is 1. The lowest BCUT2D eigenvalue weighted by molar-refractivity contribution is -0.110. The zero-order chi connectivity index (χ0) is 16.4. The maximum Gasteiger partial charge on any atom is 0.339 e. The molecule has 23 heavy (non-hydrogen) atoms. The summed E-state index contributed by atoms with van der Waals surface area (Å²) in [7, 11) is -3.92. The topological polar surface area (TPSA) is 76.6 Å². The molecule has 6 nitrogen and oxygen atoms in total. The van der Waals surface area contributed by atoms with Crippen LogP contribution in [0.2, 0.25) is 0 Å². The molecule has 2 aromatic rings. The van der Waals surface area contributed by atoms with Gasteiger partial charge in [0, 0.05) is 17.6 Å². The van der Waals surface area contributed by atoms with E-state index in [0.717, 1.165) is 26.5 Å². The zero-order valence-electron chi connectivity index (χ0n) is 12.8. The number of hydrogen-bond donors (Lipinski definition) is 0. The summed E-state index contributed by atoms with van der Waals surface area (Å²) in [6, 6.07) is 8.73. The van der Waals surface area contributed by atoms with Crippen molar-refractivity contribution >= 4 is 27.5 Å². The first kappa shape index (κ1) is 16.0. The molecule has 3 rings (SSSR count). The van der Waals surface area contributed by atoms with Gasteiger partial charge >= 0.3 is 10.3 Å². The molecule has 1 aromatic carbocycles. The molecule has 0 spiro atoms. The predicted octanol–water partition coefficient (Wildman–Crippen LogP) is 1.97. The third-order valence-electron chi connectivity index (χ3n) is 3.99. The number of aldehydes is 1. The van der Waals surface area contributed by atoms with Gasteiger partial charge in [0.05, 0.1) is 18.2 Å². The molecule has 0 saturated carbocycles. The van der Waals surface area contributed by atoms with Gasteiger partial charge in [-0.15, -0.1) is 0 Å². The minimum absolute atomic E-state index is 0.0751. The Morgan fingerprint density at radius 1 is 1.39 bits per heavy atom. The molecule has 0 amide bonds. The van der Waals surface area contributed by atoms with Crippen LogP contribution < -0.4 is 0 Å². The van der Waals surface area contributed by atoms with Crippen LogP contribution >= 0.6 is 0 Å². The highest BCUT2D eigenvalue weighted by Crippen LogP contribution is 2.23. The van der Waals surface area contributed by atoms with Crippen molar-refractivity contribution in [1.82, 2.24) is 9.29 Å². The van der Waals surface area contributed by atoms with Crippen molar-refractivity contribution < 1.29 is 17.4 Å². The van der Waals surface area contributed by atoms with Crippen molar-refractivity contribution in [2.24, 2.45) is 0 Å². The molecule has 1 fully saturated rings. The summed E-state index contributed by atoms with van der Waals surface area (Å²) in [6.07, 6.45) is 1.88. The van der Waals surface area contributed by atoms with Crippen LogP contribution in [-0.4, -0.2) is 36.6 Å². The van der Waals surface area contributed by atoms with Gasteiger partial charge in [0.1, 0.15) is 6.29 Å². The summed E-state index contributed by atoms with van der Waals surface area (Å²) < 4.78 is 31.0. The molecule has 2 heterocycles. The van der Waals surface area contributed by atoms with Gasteiger partial charge in [-0.3, -0.25) is 9.17 Å². The highest BCUT2D eigenvalue weighted by molar-refractivity contribution is 7.84. The third kappa shape index (κ3) is 3.26. The van der Waals surface area contributed by atoms with E-state index in [1.165, 1.54) is 0 Å². The Morgan fingerprint density at radius 3 is 2.96 bits per heavy atom. The average molecular weight is 334 g/mol. The lowest BCUT2D eigenvalue weighted by Gasteiger charge is -2.19. The fourth-order valence-electron chi connectivity index (χ4n) is 2.90. The van der Waals surface area contributed by atoms with Crippen molar-refractivity contribution in [3.05, 3.63) is 41.6 Å². The van der Waals surface area contributed by atoms with E-state index in [4.69, 9.17) is 4.18 Å². The summed E-state index contributed by atoms with van der Waals surface area (Å²) in [5.74, 6) is 0. The lowest BCUT2D eigenvalue weighted by atomic mass is 10.1. The van der Waals surface area contributed by atoms with Gasteiger partial charge in [-0.1, -0.05) is 18.2 Å². The number of carbonyl (C=O) groups is 1. The second-order valence-electron chi connectivity index (χ2n) is 5.62. The molecule has 0 radical (unpaired) electrons. The minimum atomic E-state index is -3.92. The number of rotatable bonds is 5. The van der Waals surface area contributed by atoms with Crippen LogP contribution in [0.15, 0.2) is 30.3 Å². The van der Waals surface area contributed by atoms with Gasteiger partial charge < -0.3 is 4.79 Å². The molecule has 0 N–H and O–H groups in total. The van der Waals surface area contributed by atoms with E-state index in [2.05, 4.69) is 4.98 Å². The van der Waals surface area contributed by atoms with E-state index < -0.39 is 16.3 Å². The van der Waals surface area contributed by atoms with E-state index in [1.807, 2.05) is 37.3 Å². The van der Waals surface area contributed by atoms with Crippen molar-refractivity contribution in [2.45, 2.75) is 32.4 Å². The summed E-state index contributed by atoms with van der Waals surface area (Å²) >= 11 is 0. The number of benzene rings is 1. The highest BCUT2D eigenvalue weighted by atomic mass is 32.2. The maximum atomic E-state index is 12.3. The Morgan fingerprint density at radius 2 is 2.17 bits per heavy atom. The largest absolute Gasteiger partial charge is 0.339 e. The minimum Gasteiger partial charge on any atom is -0.302 e. The number of aryl methyl sites for hydroxylation is 1. The van der Waals surface area contributed by atoms with Gasteiger partial charge in [-0.2, -0.15) is 12.7 Å². The molecular weight excluding hydrogens is 316 g/mol. The van der Waals surface area contributed by atoms with Crippen LogP contribution in [0.1, 0.15) is 24.1 Å². The number of nitrogens with zero attached hydrogens (tertiary/aromatic N) is 2. The smallest absolute Gasteiger partial charge is 0.302 e. The third-order valence-corrected chi connectivity index (χ3v) is 5.43. The zero-order valence-corrected chi connectivity index (χ0v) is 13.6. The van der Waals surface area contributed by atoms with Crippen molar-refractivity contribution in [2.75, 3.05) is 6.54 Å². The molecule has 1 aromatic heterocycles. The SMILES string of the molecule is Cc1cc(COS(=O)(=O)N2CCCC2C=O)c2ccccc2n1. The number of carbonyl (C=O) groups excluding carboxylic acids is 1. The summed E-state index contributed by atoms with van der Waals surface area (Å²) in [5, 5.41) is 0.863. The quantitative estimate of drug-likeness (QED) is 0.781. The summed E-state index contributed by atoms with van der Waals surface area (Å²) in [5.41, 5.74) is 2.36. The standard InChI is InChI=1S/C16H18N2O4S/c1-12-9-13(15-6-2-3-7-16(15)17-12)11-22-23(20,21)18-8-4-5-14(18)10-19/h2-3,6-7,9-10,14H,4-5,8,11H2,1H3. The molecule has 0 bridgehead atoms. The Balaban J connectivity index is 1.84. The number of hydrogen-bond acceptors (Lipinski definition) is 5. The van der Waals surface area contributed by atoms with Crippen LogP contribution in [-0.2, 0) is 25.9 Å².